The van der Waals surface area contributed by atoms with Crippen LogP contribution < -0.4 is 4.90 Å². The van der Waals surface area contributed by atoms with Crippen LogP contribution in [0.2, 0.25) is 0 Å². The Hall–Kier alpha value is -7.10. The van der Waals surface area contributed by atoms with E-state index in [2.05, 4.69) is 190 Å². The molecule has 0 fully saturated rings. The average molecular weight is 672 g/mol. The van der Waals surface area contributed by atoms with Crippen molar-refractivity contribution in [1.29, 1.82) is 0 Å². The quantitative estimate of drug-likeness (QED) is 0.182. The highest BCUT2D eigenvalue weighted by molar-refractivity contribution is 6.37. The summed E-state index contributed by atoms with van der Waals surface area (Å²) in [7, 11) is 0. The standard InChI is InChI=1S/C50H29N3/c1-3-16-33(17-4-1)51(34-18-5-2-6-19-34)49-35-20-10-9-15-32(35)28-41-37-22-12-24-39-46-43(53(48(37)39)50(41)49)26-25-42-45(46)38-23-11-21-36-40-27-30-13-7-8-14-31(30)29-44(40)52(42)47(36)38/h1-29H. The number of benzene rings is 9. The molecule has 9 aromatic carbocycles. The molecule has 0 N–H and O–H groups in total. The molecule has 0 aliphatic rings. The lowest BCUT2D eigenvalue weighted by Crippen LogP contribution is -2.11. The zero-order valence-corrected chi connectivity index (χ0v) is 28.6. The minimum absolute atomic E-state index is 1.13. The van der Waals surface area contributed by atoms with E-state index in [1.54, 1.807) is 0 Å². The number of hydrogen-bond acceptors (Lipinski definition) is 1. The molecular formula is C50H29N3. The number of aromatic nitrogens is 2. The van der Waals surface area contributed by atoms with Crippen LogP contribution in [0, 0.1) is 0 Å². The Morgan fingerprint density at radius 2 is 0.792 bits per heavy atom. The van der Waals surface area contributed by atoms with Gasteiger partial charge < -0.3 is 13.7 Å². The molecule has 3 nitrogen and oxygen atoms in total. The van der Waals surface area contributed by atoms with Crippen molar-refractivity contribution in [2.24, 2.45) is 0 Å². The molecule has 0 atom stereocenters. The lowest BCUT2D eigenvalue weighted by molar-refractivity contribution is 1.28. The van der Waals surface area contributed by atoms with Crippen LogP contribution in [-0.2, 0) is 0 Å². The highest BCUT2D eigenvalue weighted by Gasteiger charge is 2.28. The first-order valence-corrected chi connectivity index (χ1v) is 18.4. The fourth-order valence-corrected chi connectivity index (χ4v) is 9.79. The highest BCUT2D eigenvalue weighted by atomic mass is 15.2. The normalized spacial score (nSPS) is 12.5. The summed E-state index contributed by atoms with van der Waals surface area (Å²) in [6.45, 7) is 0. The van der Waals surface area contributed by atoms with Gasteiger partial charge in [-0.25, -0.2) is 0 Å². The Kier molecular flexibility index (Phi) is 5.11. The Bertz CT molecular complexity index is 3570. The zero-order valence-electron chi connectivity index (χ0n) is 28.6. The summed E-state index contributed by atoms with van der Waals surface area (Å²) in [6.07, 6.45) is 0. The van der Waals surface area contributed by atoms with Gasteiger partial charge in [-0.2, -0.15) is 0 Å². The van der Waals surface area contributed by atoms with Gasteiger partial charge in [-0.05, 0) is 70.8 Å². The van der Waals surface area contributed by atoms with Crippen molar-refractivity contribution in [3.63, 3.8) is 0 Å². The van der Waals surface area contributed by atoms with E-state index in [9.17, 15) is 0 Å². The molecular weight excluding hydrogens is 643 g/mol. The maximum absolute atomic E-state index is 2.58. The van der Waals surface area contributed by atoms with Crippen molar-refractivity contribution in [3.05, 3.63) is 176 Å². The van der Waals surface area contributed by atoms with E-state index in [1.807, 2.05) is 0 Å². The summed E-state index contributed by atoms with van der Waals surface area (Å²) in [5.41, 5.74) is 11.0. The molecule has 0 unspecified atom stereocenters. The van der Waals surface area contributed by atoms with Gasteiger partial charge in [0.05, 0.1) is 38.8 Å². The number of hydrogen-bond donors (Lipinski definition) is 0. The van der Waals surface area contributed by atoms with Gasteiger partial charge in [0.2, 0.25) is 0 Å². The van der Waals surface area contributed by atoms with Gasteiger partial charge in [0, 0.05) is 59.9 Å². The SMILES string of the molecule is c1ccc(N(c2ccccc2)c2c3ccccc3cc3c4cccc5c6c7c8cccc9c%10cc%11ccccc%11cc%10n(c7ccc6n(c23)c45)c98)cc1. The summed E-state index contributed by atoms with van der Waals surface area (Å²) in [5.74, 6) is 0. The van der Waals surface area contributed by atoms with Crippen LogP contribution in [0.1, 0.15) is 0 Å². The predicted molar refractivity (Wildman–Crippen MR) is 225 cm³/mol. The van der Waals surface area contributed by atoms with Crippen LogP contribution in [0.15, 0.2) is 176 Å². The van der Waals surface area contributed by atoms with Crippen LogP contribution in [0.4, 0.5) is 17.1 Å². The summed E-state index contributed by atoms with van der Waals surface area (Å²) < 4.78 is 5.11. The summed E-state index contributed by atoms with van der Waals surface area (Å²) in [6, 6.07) is 65.0. The maximum atomic E-state index is 2.58. The van der Waals surface area contributed by atoms with E-state index in [-0.39, 0.29) is 0 Å². The topological polar surface area (TPSA) is 12.1 Å². The lowest BCUT2D eigenvalue weighted by Gasteiger charge is -2.28. The third-order valence-corrected chi connectivity index (χ3v) is 11.9. The molecule has 13 rings (SSSR count). The van der Waals surface area contributed by atoms with Gasteiger partial charge in [-0.3, -0.25) is 0 Å². The van der Waals surface area contributed by atoms with Gasteiger partial charge in [0.15, 0.2) is 0 Å². The molecule has 0 saturated carbocycles. The number of anilines is 3. The van der Waals surface area contributed by atoms with E-state index in [0.29, 0.717) is 0 Å². The third-order valence-electron chi connectivity index (χ3n) is 11.9. The minimum atomic E-state index is 1.13. The Labute approximate surface area is 303 Å². The van der Waals surface area contributed by atoms with Crippen molar-refractivity contribution in [2.75, 3.05) is 4.90 Å². The average Bonchev–Trinajstić information content (AvgIpc) is 3.94. The predicted octanol–water partition coefficient (Wildman–Crippen LogP) is 13.8. The van der Waals surface area contributed by atoms with E-state index in [0.717, 1.165) is 11.4 Å². The van der Waals surface area contributed by atoms with Crippen LogP contribution in [0.3, 0.4) is 0 Å². The molecule has 13 aromatic rings. The largest absolute Gasteiger partial charge is 0.308 e. The molecule has 244 valence electrons. The molecule has 0 saturated heterocycles. The second kappa shape index (κ2) is 9.81. The van der Waals surface area contributed by atoms with Crippen LogP contribution in [0.25, 0.3) is 97.7 Å². The van der Waals surface area contributed by atoms with Gasteiger partial charge in [0.25, 0.3) is 0 Å². The van der Waals surface area contributed by atoms with E-state index in [4.69, 9.17) is 0 Å². The van der Waals surface area contributed by atoms with Crippen molar-refractivity contribution in [2.45, 2.75) is 0 Å². The summed E-state index contributed by atoms with van der Waals surface area (Å²) >= 11 is 0. The summed E-state index contributed by atoms with van der Waals surface area (Å²) in [4.78, 5) is 2.46. The molecule has 0 aliphatic carbocycles. The molecule has 53 heavy (non-hydrogen) atoms. The number of rotatable bonds is 3. The molecule has 0 bridgehead atoms. The molecule has 0 radical (unpaired) electrons. The van der Waals surface area contributed by atoms with E-state index >= 15 is 0 Å². The van der Waals surface area contributed by atoms with Crippen LogP contribution in [-0.4, -0.2) is 8.80 Å². The van der Waals surface area contributed by atoms with Crippen molar-refractivity contribution in [1.82, 2.24) is 8.80 Å². The Morgan fingerprint density at radius 3 is 1.47 bits per heavy atom. The Morgan fingerprint density at radius 1 is 0.302 bits per heavy atom. The fraction of sp³-hybridized carbons (Fsp3) is 0. The van der Waals surface area contributed by atoms with Gasteiger partial charge in [-0.15, -0.1) is 0 Å². The molecule has 4 aromatic heterocycles. The minimum Gasteiger partial charge on any atom is -0.308 e. The van der Waals surface area contributed by atoms with Gasteiger partial charge in [-0.1, -0.05) is 121 Å². The van der Waals surface area contributed by atoms with Gasteiger partial charge in [0.1, 0.15) is 0 Å². The van der Waals surface area contributed by atoms with Crippen molar-refractivity contribution in [3.8, 4) is 0 Å². The first-order valence-electron chi connectivity index (χ1n) is 18.4. The molecule has 0 amide bonds. The maximum Gasteiger partial charge on any atom is 0.0789 e. The monoisotopic (exact) mass is 671 g/mol. The van der Waals surface area contributed by atoms with Crippen LogP contribution in [0.5, 0.6) is 0 Å². The van der Waals surface area contributed by atoms with Crippen molar-refractivity contribution >= 4 is 115 Å². The first kappa shape index (κ1) is 27.6. The lowest BCUT2D eigenvalue weighted by atomic mass is 9.99. The third kappa shape index (κ3) is 3.40. The van der Waals surface area contributed by atoms with Crippen molar-refractivity contribution < 1.29 is 0 Å². The molecule has 0 spiro atoms. The second-order valence-corrected chi connectivity index (χ2v) is 14.5. The smallest absolute Gasteiger partial charge is 0.0789 e. The fourth-order valence-electron chi connectivity index (χ4n) is 9.79. The molecule has 0 aliphatic heterocycles. The number of para-hydroxylation sites is 4. The molecule has 3 heteroatoms. The summed E-state index contributed by atoms with van der Waals surface area (Å²) in [5, 5.41) is 15.4. The van der Waals surface area contributed by atoms with Crippen LogP contribution >= 0.6 is 0 Å². The highest BCUT2D eigenvalue weighted by Crippen LogP contribution is 2.51. The molecule has 4 heterocycles. The van der Waals surface area contributed by atoms with Gasteiger partial charge >= 0.3 is 0 Å². The van der Waals surface area contributed by atoms with E-state index < -0.39 is 0 Å². The second-order valence-electron chi connectivity index (χ2n) is 14.5. The Balaban J connectivity index is 1.25. The van der Waals surface area contributed by atoms with E-state index in [1.165, 1.54) is 103 Å². The zero-order chi connectivity index (χ0) is 34.4. The number of nitrogens with zero attached hydrogens (tertiary/aromatic N) is 3. The first-order chi connectivity index (χ1) is 26.3. The number of fused-ring (bicyclic) bond motifs is 15.